The van der Waals surface area contributed by atoms with Crippen molar-refractivity contribution in [2.24, 2.45) is 5.92 Å². The van der Waals surface area contributed by atoms with E-state index in [1.807, 2.05) is 12.1 Å². The van der Waals surface area contributed by atoms with E-state index in [4.69, 9.17) is 19.4 Å². The number of aryl methyl sites for hydroxylation is 1. The zero-order valence-corrected chi connectivity index (χ0v) is 20.6. The quantitative estimate of drug-likeness (QED) is 0.590. The maximum Gasteiger partial charge on any atom is 0.225 e. The van der Waals surface area contributed by atoms with Gasteiger partial charge in [0.15, 0.2) is 11.5 Å². The van der Waals surface area contributed by atoms with Crippen molar-refractivity contribution in [3.05, 3.63) is 35.0 Å². The molecule has 0 saturated heterocycles. The SMILES string of the molecule is COc1cccc(CNC[C@H]2CC[C@@H](Nc3nc4c(c(N(C)C)n3)CCCC4)CC2)c1OC. The third-order valence-corrected chi connectivity index (χ3v) is 7.00. The van der Waals surface area contributed by atoms with Crippen molar-refractivity contribution in [1.29, 1.82) is 0 Å². The maximum atomic E-state index is 5.55. The monoisotopic (exact) mass is 453 g/mol. The van der Waals surface area contributed by atoms with Gasteiger partial charge in [-0.3, -0.25) is 0 Å². The summed E-state index contributed by atoms with van der Waals surface area (Å²) in [6.07, 6.45) is 9.39. The van der Waals surface area contributed by atoms with Gasteiger partial charge in [0, 0.05) is 37.8 Å². The number of ether oxygens (including phenoxy) is 2. The first kappa shape index (κ1) is 23.6. The average Bonchev–Trinajstić information content (AvgIpc) is 2.84. The Kier molecular flexibility index (Phi) is 7.91. The molecule has 33 heavy (non-hydrogen) atoms. The van der Waals surface area contributed by atoms with Gasteiger partial charge in [-0.2, -0.15) is 4.98 Å². The van der Waals surface area contributed by atoms with Gasteiger partial charge in [0.2, 0.25) is 5.95 Å². The number of nitrogens with one attached hydrogen (secondary N) is 2. The fourth-order valence-electron chi connectivity index (χ4n) is 5.21. The lowest BCUT2D eigenvalue weighted by Crippen LogP contribution is -2.32. The zero-order valence-electron chi connectivity index (χ0n) is 20.6. The summed E-state index contributed by atoms with van der Waals surface area (Å²) >= 11 is 0. The number of para-hydroxylation sites is 1. The Morgan fingerprint density at radius 1 is 1.00 bits per heavy atom. The van der Waals surface area contributed by atoms with Crippen LogP contribution < -0.4 is 25.0 Å². The second-order valence-corrected chi connectivity index (χ2v) is 9.54. The van der Waals surface area contributed by atoms with Crippen molar-refractivity contribution in [3.63, 3.8) is 0 Å². The number of hydrogen-bond donors (Lipinski definition) is 2. The molecule has 1 heterocycles. The predicted octanol–water partition coefficient (Wildman–Crippen LogP) is 4.20. The van der Waals surface area contributed by atoms with Crippen molar-refractivity contribution in [1.82, 2.24) is 15.3 Å². The summed E-state index contributed by atoms with van der Waals surface area (Å²) in [4.78, 5) is 11.9. The molecule has 0 atom stereocenters. The van der Waals surface area contributed by atoms with E-state index in [1.54, 1.807) is 14.2 Å². The van der Waals surface area contributed by atoms with Gasteiger partial charge in [-0.25, -0.2) is 4.98 Å². The topological polar surface area (TPSA) is 71.5 Å². The number of rotatable bonds is 9. The second kappa shape index (κ2) is 11.1. The highest BCUT2D eigenvalue weighted by molar-refractivity contribution is 5.53. The molecular formula is C26H39N5O2. The van der Waals surface area contributed by atoms with Gasteiger partial charge in [0.1, 0.15) is 5.82 Å². The Balaban J connectivity index is 1.27. The molecule has 1 aromatic carbocycles. The normalized spacial score (nSPS) is 20.1. The number of aromatic nitrogens is 2. The number of anilines is 2. The fraction of sp³-hybridized carbons (Fsp3) is 0.615. The molecule has 1 aromatic heterocycles. The lowest BCUT2D eigenvalue weighted by molar-refractivity contribution is 0.321. The smallest absolute Gasteiger partial charge is 0.225 e. The highest BCUT2D eigenvalue weighted by atomic mass is 16.5. The lowest BCUT2D eigenvalue weighted by atomic mass is 9.86. The first-order valence-electron chi connectivity index (χ1n) is 12.3. The summed E-state index contributed by atoms with van der Waals surface area (Å²) in [6.45, 7) is 1.81. The van der Waals surface area contributed by atoms with E-state index < -0.39 is 0 Å². The molecule has 2 aromatic rings. The number of benzene rings is 1. The first-order chi connectivity index (χ1) is 16.1. The van der Waals surface area contributed by atoms with E-state index in [1.165, 1.54) is 36.9 Å². The van der Waals surface area contributed by atoms with Crippen LogP contribution in [0.1, 0.15) is 55.3 Å². The standard InChI is InChI=1S/C26H39N5O2/c1-31(2)25-21-9-5-6-10-22(21)29-26(30-25)28-20-14-12-18(13-15-20)16-27-17-19-8-7-11-23(32-3)24(19)33-4/h7-8,11,18,20,27H,5-6,9-10,12-17H2,1-4H3,(H,28,29,30)/t18-,20+. The molecule has 1 fully saturated rings. The fourth-order valence-corrected chi connectivity index (χ4v) is 5.21. The molecule has 0 unspecified atom stereocenters. The van der Waals surface area contributed by atoms with Gasteiger partial charge in [0.25, 0.3) is 0 Å². The van der Waals surface area contributed by atoms with Crippen molar-refractivity contribution in [3.8, 4) is 11.5 Å². The molecule has 4 rings (SSSR count). The minimum absolute atomic E-state index is 0.455. The molecule has 0 spiro atoms. The van der Waals surface area contributed by atoms with Gasteiger partial charge in [-0.15, -0.1) is 0 Å². The minimum Gasteiger partial charge on any atom is -0.493 e. The Morgan fingerprint density at radius 3 is 2.52 bits per heavy atom. The average molecular weight is 454 g/mol. The summed E-state index contributed by atoms with van der Waals surface area (Å²) in [5.74, 6) is 4.20. The van der Waals surface area contributed by atoms with E-state index in [-0.39, 0.29) is 0 Å². The van der Waals surface area contributed by atoms with E-state index >= 15 is 0 Å². The predicted molar refractivity (Wildman–Crippen MR) is 134 cm³/mol. The van der Waals surface area contributed by atoms with Crippen LogP contribution in [0.25, 0.3) is 0 Å². The molecule has 1 saturated carbocycles. The zero-order chi connectivity index (χ0) is 23.2. The van der Waals surface area contributed by atoms with Crippen LogP contribution in [0, 0.1) is 5.92 Å². The first-order valence-corrected chi connectivity index (χ1v) is 12.3. The number of hydrogen-bond acceptors (Lipinski definition) is 7. The third-order valence-electron chi connectivity index (χ3n) is 7.00. The van der Waals surface area contributed by atoms with Crippen LogP contribution in [0.4, 0.5) is 11.8 Å². The number of fused-ring (bicyclic) bond motifs is 1. The van der Waals surface area contributed by atoms with Crippen LogP contribution in [0.2, 0.25) is 0 Å². The van der Waals surface area contributed by atoms with E-state index in [2.05, 4.69) is 35.7 Å². The van der Waals surface area contributed by atoms with Crippen molar-refractivity contribution >= 4 is 11.8 Å². The van der Waals surface area contributed by atoms with Gasteiger partial charge < -0.3 is 25.0 Å². The highest BCUT2D eigenvalue weighted by Gasteiger charge is 2.24. The lowest BCUT2D eigenvalue weighted by Gasteiger charge is -2.30. The number of nitrogens with zero attached hydrogens (tertiary/aromatic N) is 3. The molecule has 0 radical (unpaired) electrons. The van der Waals surface area contributed by atoms with E-state index in [0.29, 0.717) is 12.0 Å². The van der Waals surface area contributed by atoms with Gasteiger partial charge in [0.05, 0.1) is 19.9 Å². The van der Waals surface area contributed by atoms with Crippen LogP contribution in [0.3, 0.4) is 0 Å². The number of methoxy groups -OCH3 is 2. The Labute approximate surface area is 198 Å². The van der Waals surface area contributed by atoms with E-state index in [9.17, 15) is 0 Å². The Bertz CT molecular complexity index is 925. The summed E-state index contributed by atoms with van der Waals surface area (Å²) in [7, 11) is 7.54. The van der Waals surface area contributed by atoms with Gasteiger partial charge in [-0.05, 0) is 69.9 Å². The van der Waals surface area contributed by atoms with Crippen molar-refractivity contribution in [2.75, 3.05) is 45.1 Å². The summed E-state index contributed by atoms with van der Waals surface area (Å²) in [5, 5.41) is 7.29. The van der Waals surface area contributed by atoms with E-state index in [0.717, 1.165) is 67.6 Å². The molecule has 0 amide bonds. The Morgan fingerprint density at radius 2 is 1.79 bits per heavy atom. The molecule has 7 nitrogen and oxygen atoms in total. The van der Waals surface area contributed by atoms with Crippen LogP contribution >= 0.6 is 0 Å². The highest BCUT2D eigenvalue weighted by Crippen LogP contribution is 2.32. The van der Waals surface area contributed by atoms with Gasteiger partial charge in [-0.1, -0.05) is 12.1 Å². The largest absolute Gasteiger partial charge is 0.493 e. The minimum atomic E-state index is 0.455. The van der Waals surface area contributed by atoms with Crippen LogP contribution in [0.15, 0.2) is 18.2 Å². The molecular weight excluding hydrogens is 414 g/mol. The third kappa shape index (κ3) is 5.69. The van der Waals surface area contributed by atoms with Crippen molar-refractivity contribution in [2.45, 2.75) is 64.0 Å². The summed E-state index contributed by atoms with van der Waals surface area (Å²) < 4.78 is 11.0. The molecule has 0 aliphatic heterocycles. The molecule has 7 heteroatoms. The second-order valence-electron chi connectivity index (χ2n) is 9.54. The Hall–Kier alpha value is -2.54. The molecule has 2 aliphatic carbocycles. The van der Waals surface area contributed by atoms with Crippen LogP contribution in [-0.2, 0) is 19.4 Å². The summed E-state index contributed by atoms with van der Waals surface area (Å²) in [5.41, 5.74) is 3.72. The van der Waals surface area contributed by atoms with Crippen LogP contribution in [-0.4, -0.2) is 50.9 Å². The molecule has 2 aliphatic rings. The maximum absolute atomic E-state index is 5.55. The molecule has 0 bridgehead atoms. The van der Waals surface area contributed by atoms with Crippen molar-refractivity contribution < 1.29 is 9.47 Å². The molecule has 2 N–H and O–H groups in total. The summed E-state index contributed by atoms with van der Waals surface area (Å²) in [6, 6.07) is 6.50. The van der Waals surface area contributed by atoms with Gasteiger partial charge >= 0.3 is 0 Å². The molecule has 180 valence electrons. The van der Waals surface area contributed by atoms with Crippen LogP contribution in [0.5, 0.6) is 11.5 Å².